The molecule has 0 saturated carbocycles. The number of primary amides is 1. The molecule has 0 bridgehead atoms. The molecule has 0 aromatic heterocycles. The highest BCUT2D eigenvalue weighted by Gasteiger charge is 2.32. The SMILES string of the molecule is COc1ccc(C[C@@H](C[C@H](N)[C@@H](O)C[C@H](C(=O)NCC(C)(C)C(N)=O)C(C)C)C(C)C)cc1OCCCO.Cl. The summed E-state index contributed by atoms with van der Waals surface area (Å²) < 4.78 is 11.2. The van der Waals surface area contributed by atoms with Gasteiger partial charge in [-0.3, -0.25) is 9.59 Å². The lowest BCUT2D eigenvalue weighted by molar-refractivity contribution is -0.130. The van der Waals surface area contributed by atoms with Gasteiger partial charge in [-0.05, 0) is 68.6 Å². The van der Waals surface area contributed by atoms with E-state index in [9.17, 15) is 14.7 Å². The van der Waals surface area contributed by atoms with E-state index in [1.54, 1.807) is 21.0 Å². The molecule has 10 heteroatoms. The summed E-state index contributed by atoms with van der Waals surface area (Å²) in [6.45, 7) is 12.1. The first-order valence-electron chi connectivity index (χ1n) is 13.6. The Bertz CT molecular complexity index is 881. The van der Waals surface area contributed by atoms with Crippen LogP contribution >= 0.6 is 12.4 Å². The number of halogens is 1. The van der Waals surface area contributed by atoms with Gasteiger partial charge in [0.2, 0.25) is 11.8 Å². The third-order valence-corrected chi connectivity index (χ3v) is 7.31. The van der Waals surface area contributed by atoms with Crippen molar-refractivity contribution in [3.05, 3.63) is 23.8 Å². The van der Waals surface area contributed by atoms with Crippen molar-refractivity contribution < 1.29 is 29.3 Å². The summed E-state index contributed by atoms with van der Waals surface area (Å²) in [6, 6.07) is 5.33. The molecule has 0 fully saturated rings. The van der Waals surface area contributed by atoms with Crippen LogP contribution in [0.3, 0.4) is 0 Å². The van der Waals surface area contributed by atoms with Gasteiger partial charge in [-0.15, -0.1) is 12.4 Å². The maximum atomic E-state index is 12.9. The predicted molar refractivity (Wildman–Crippen MR) is 157 cm³/mol. The molecule has 0 spiro atoms. The van der Waals surface area contributed by atoms with Gasteiger partial charge in [0.05, 0.1) is 25.2 Å². The van der Waals surface area contributed by atoms with Gasteiger partial charge in [-0.25, -0.2) is 0 Å². The van der Waals surface area contributed by atoms with Crippen LogP contribution in [0.15, 0.2) is 18.2 Å². The fraction of sp³-hybridized carbons (Fsp3) is 0.724. The first kappa shape index (κ1) is 36.9. The van der Waals surface area contributed by atoms with Crippen molar-refractivity contribution in [2.24, 2.45) is 40.6 Å². The Morgan fingerprint density at radius 3 is 2.23 bits per heavy atom. The Hall–Kier alpha value is -2.07. The first-order chi connectivity index (χ1) is 17.7. The molecule has 0 saturated heterocycles. The number of amides is 2. The van der Waals surface area contributed by atoms with Crippen molar-refractivity contribution in [1.29, 1.82) is 0 Å². The largest absolute Gasteiger partial charge is 0.493 e. The second kappa shape index (κ2) is 17.6. The Kier molecular flexibility index (Phi) is 16.7. The van der Waals surface area contributed by atoms with Gasteiger partial charge < -0.3 is 36.5 Å². The molecule has 1 aromatic carbocycles. The highest BCUT2D eigenvalue weighted by Crippen LogP contribution is 2.32. The summed E-state index contributed by atoms with van der Waals surface area (Å²) in [5, 5.41) is 22.9. The van der Waals surface area contributed by atoms with Crippen molar-refractivity contribution in [1.82, 2.24) is 5.32 Å². The van der Waals surface area contributed by atoms with E-state index in [-0.39, 0.29) is 49.7 Å². The molecular weight excluding hydrogens is 522 g/mol. The van der Waals surface area contributed by atoms with Crippen LogP contribution in [0.5, 0.6) is 11.5 Å². The molecule has 9 nitrogen and oxygen atoms in total. The number of carbonyl (C=O) groups is 2. The smallest absolute Gasteiger partial charge is 0.224 e. The first-order valence-corrected chi connectivity index (χ1v) is 13.6. The number of aliphatic hydroxyl groups is 2. The number of hydrogen-bond acceptors (Lipinski definition) is 7. The number of aliphatic hydroxyl groups excluding tert-OH is 2. The molecule has 1 rings (SSSR count). The van der Waals surface area contributed by atoms with Gasteiger partial charge in [0.15, 0.2) is 11.5 Å². The van der Waals surface area contributed by atoms with Gasteiger partial charge >= 0.3 is 0 Å². The summed E-state index contributed by atoms with van der Waals surface area (Å²) >= 11 is 0. The second-order valence-corrected chi connectivity index (χ2v) is 11.6. The van der Waals surface area contributed by atoms with Crippen molar-refractivity contribution >= 4 is 24.2 Å². The topological polar surface area (TPSA) is 157 Å². The van der Waals surface area contributed by atoms with E-state index in [4.69, 9.17) is 26.0 Å². The van der Waals surface area contributed by atoms with Gasteiger partial charge in [0, 0.05) is 31.5 Å². The van der Waals surface area contributed by atoms with Crippen LogP contribution in [-0.2, 0) is 16.0 Å². The predicted octanol–water partition coefficient (Wildman–Crippen LogP) is 3.06. The van der Waals surface area contributed by atoms with Crippen molar-refractivity contribution in [3.8, 4) is 11.5 Å². The van der Waals surface area contributed by atoms with Gasteiger partial charge in [0.25, 0.3) is 0 Å². The lowest BCUT2D eigenvalue weighted by Crippen LogP contribution is -2.46. The molecule has 0 heterocycles. The van der Waals surface area contributed by atoms with Crippen molar-refractivity contribution in [2.45, 2.75) is 79.4 Å². The van der Waals surface area contributed by atoms with Gasteiger partial charge in [-0.1, -0.05) is 33.8 Å². The minimum absolute atomic E-state index is 0. The number of methoxy groups -OCH3 is 1. The molecule has 39 heavy (non-hydrogen) atoms. The van der Waals surface area contributed by atoms with Crippen LogP contribution in [0.1, 0.15) is 66.4 Å². The number of nitrogens with two attached hydrogens (primary N) is 2. The molecule has 0 aliphatic rings. The Morgan fingerprint density at radius 2 is 1.72 bits per heavy atom. The number of hydrogen-bond donors (Lipinski definition) is 5. The van der Waals surface area contributed by atoms with E-state index < -0.39 is 29.4 Å². The molecule has 0 radical (unpaired) electrons. The maximum absolute atomic E-state index is 12.9. The van der Waals surface area contributed by atoms with E-state index in [2.05, 4.69) is 19.2 Å². The van der Waals surface area contributed by atoms with Crippen LogP contribution in [0.25, 0.3) is 0 Å². The number of ether oxygens (including phenoxy) is 2. The van der Waals surface area contributed by atoms with E-state index in [0.717, 1.165) is 12.0 Å². The molecule has 7 N–H and O–H groups in total. The average Bonchev–Trinajstić information content (AvgIpc) is 2.85. The Morgan fingerprint density at radius 1 is 1.08 bits per heavy atom. The zero-order valence-corrected chi connectivity index (χ0v) is 25.6. The number of nitrogens with one attached hydrogen (secondary N) is 1. The lowest BCUT2D eigenvalue weighted by atomic mass is 9.80. The van der Waals surface area contributed by atoms with Crippen molar-refractivity contribution in [3.63, 3.8) is 0 Å². The zero-order valence-electron chi connectivity index (χ0n) is 24.7. The molecule has 0 unspecified atom stereocenters. The highest BCUT2D eigenvalue weighted by atomic mass is 35.5. The molecular formula is C29H52ClN3O6. The number of rotatable bonds is 18. The van der Waals surface area contributed by atoms with Gasteiger partial charge in [0.1, 0.15) is 0 Å². The van der Waals surface area contributed by atoms with E-state index in [0.29, 0.717) is 36.9 Å². The molecule has 1 aromatic rings. The summed E-state index contributed by atoms with van der Waals surface area (Å²) in [4.78, 5) is 24.5. The third kappa shape index (κ3) is 12.3. The lowest BCUT2D eigenvalue weighted by Gasteiger charge is -2.30. The standard InChI is InChI=1S/C29H51N3O6.ClH/c1-18(2)21(13-20-9-10-25(37-7)26(14-20)38-12-8-11-33)15-23(30)24(34)16-22(19(3)4)27(35)32-17-29(5,6)28(31)36;/h9-10,14,18-19,21-24,33-34H,8,11-13,15-17,30H2,1-7H3,(H2,31,36)(H,32,35);1H/t21-,22-,23-,24-;/m0./s1. The van der Waals surface area contributed by atoms with Crippen LogP contribution in [0, 0.1) is 29.1 Å². The average molecular weight is 574 g/mol. The molecule has 4 atom stereocenters. The van der Waals surface area contributed by atoms with Gasteiger partial charge in [-0.2, -0.15) is 0 Å². The quantitative estimate of drug-likeness (QED) is 0.169. The van der Waals surface area contributed by atoms with Crippen LogP contribution in [-0.4, -0.2) is 61.0 Å². The molecule has 226 valence electrons. The van der Waals surface area contributed by atoms with Crippen molar-refractivity contribution in [2.75, 3.05) is 26.9 Å². The molecule has 0 aliphatic heterocycles. The summed E-state index contributed by atoms with van der Waals surface area (Å²) in [5.41, 5.74) is 12.1. The number of benzene rings is 1. The maximum Gasteiger partial charge on any atom is 0.224 e. The summed E-state index contributed by atoms with van der Waals surface area (Å²) in [5.74, 6) is 0.618. The summed E-state index contributed by atoms with van der Waals surface area (Å²) in [6.07, 6.45) is 1.25. The Labute approximate surface area is 240 Å². The Balaban J connectivity index is 0.0000144. The molecule has 2 amide bonds. The summed E-state index contributed by atoms with van der Waals surface area (Å²) in [7, 11) is 1.59. The van der Waals surface area contributed by atoms with Crippen LogP contribution in [0.4, 0.5) is 0 Å². The number of carbonyl (C=O) groups excluding carboxylic acids is 2. The van der Waals surface area contributed by atoms with E-state index in [1.165, 1.54) is 0 Å². The minimum atomic E-state index is -0.859. The van der Waals surface area contributed by atoms with E-state index in [1.807, 2.05) is 32.0 Å². The van der Waals surface area contributed by atoms with Crippen LogP contribution < -0.4 is 26.3 Å². The zero-order chi connectivity index (χ0) is 29.0. The minimum Gasteiger partial charge on any atom is -0.493 e. The fourth-order valence-corrected chi connectivity index (χ4v) is 4.25. The fourth-order valence-electron chi connectivity index (χ4n) is 4.25. The van der Waals surface area contributed by atoms with Crippen LogP contribution in [0.2, 0.25) is 0 Å². The third-order valence-electron chi connectivity index (χ3n) is 7.31. The van der Waals surface area contributed by atoms with E-state index >= 15 is 0 Å². The monoisotopic (exact) mass is 573 g/mol. The highest BCUT2D eigenvalue weighted by molar-refractivity contribution is 5.85. The second-order valence-electron chi connectivity index (χ2n) is 11.6. The normalized spacial score (nSPS) is 14.8. The molecule has 0 aliphatic carbocycles.